The van der Waals surface area contributed by atoms with Crippen molar-refractivity contribution in [1.29, 1.82) is 0 Å². The molecule has 0 N–H and O–H groups in total. The zero-order valence-electron chi connectivity index (χ0n) is 13.6. The number of hydrogen-bond acceptors (Lipinski definition) is 5. The van der Waals surface area contributed by atoms with Gasteiger partial charge in [0.1, 0.15) is 0 Å². The van der Waals surface area contributed by atoms with E-state index in [0.717, 1.165) is 5.56 Å². The van der Waals surface area contributed by atoms with Gasteiger partial charge in [-0.05, 0) is 23.8 Å². The number of oxazole rings is 1. The van der Waals surface area contributed by atoms with E-state index in [-0.39, 0.29) is 5.91 Å². The number of amides is 1. The van der Waals surface area contributed by atoms with Gasteiger partial charge in [-0.3, -0.25) is 4.79 Å². The number of piperazine rings is 1. The molecule has 7 heteroatoms. The lowest BCUT2D eigenvalue weighted by atomic mass is 10.1. The summed E-state index contributed by atoms with van der Waals surface area (Å²) in [6.45, 7) is 2.63. The first-order chi connectivity index (χ1) is 12.2. The maximum atomic E-state index is 12.5. The lowest BCUT2D eigenvalue weighted by Crippen LogP contribution is -2.49. The third kappa shape index (κ3) is 3.30. The Morgan fingerprint density at radius 1 is 1.12 bits per heavy atom. The molecule has 4 rings (SSSR count). The average molecular weight is 357 g/mol. The van der Waals surface area contributed by atoms with Crippen molar-refractivity contribution < 1.29 is 9.21 Å². The molecule has 0 spiro atoms. The standard InChI is InChI=1S/C18H17ClN4O2/c19-14-5-2-1-4-13(14)12-16(24)22-8-10-23(11-9-22)18-21-17-15(25-18)6-3-7-20-17/h1-7H,8-12H2. The lowest BCUT2D eigenvalue weighted by molar-refractivity contribution is -0.130. The number of anilines is 1. The highest BCUT2D eigenvalue weighted by Gasteiger charge is 2.24. The number of fused-ring (bicyclic) bond motifs is 1. The number of halogens is 1. The van der Waals surface area contributed by atoms with E-state index < -0.39 is 0 Å². The number of rotatable bonds is 3. The molecule has 1 saturated heterocycles. The number of aromatic nitrogens is 2. The van der Waals surface area contributed by atoms with Gasteiger partial charge >= 0.3 is 0 Å². The molecule has 3 heterocycles. The van der Waals surface area contributed by atoms with E-state index in [1.807, 2.05) is 46.2 Å². The SMILES string of the molecule is O=C(Cc1ccccc1Cl)N1CCN(c2nc3ncccc3o2)CC1. The molecule has 1 aliphatic rings. The van der Waals surface area contributed by atoms with Crippen LogP contribution in [0.25, 0.3) is 11.2 Å². The third-order valence-corrected chi connectivity index (χ3v) is 4.72. The van der Waals surface area contributed by atoms with Gasteiger partial charge in [-0.2, -0.15) is 4.98 Å². The highest BCUT2D eigenvalue weighted by atomic mass is 35.5. The highest BCUT2D eigenvalue weighted by Crippen LogP contribution is 2.22. The number of carbonyl (C=O) groups is 1. The molecule has 0 unspecified atom stereocenters. The van der Waals surface area contributed by atoms with E-state index in [1.165, 1.54) is 0 Å². The number of nitrogens with zero attached hydrogens (tertiary/aromatic N) is 4. The second kappa shape index (κ2) is 6.72. The second-order valence-corrected chi connectivity index (χ2v) is 6.36. The maximum Gasteiger partial charge on any atom is 0.300 e. The van der Waals surface area contributed by atoms with Gasteiger partial charge in [-0.1, -0.05) is 29.8 Å². The molecule has 1 fully saturated rings. The van der Waals surface area contributed by atoms with Gasteiger partial charge < -0.3 is 14.2 Å². The number of benzene rings is 1. The third-order valence-electron chi connectivity index (χ3n) is 4.36. The van der Waals surface area contributed by atoms with Crippen molar-refractivity contribution in [3.05, 3.63) is 53.2 Å². The normalized spacial score (nSPS) is 14.9. The summed E-state index contributed by atoms with van der Waals surface area (Å²) in [5, 5.41) is 0.633. The molecule has 0 aliphatic carbocycles. The Bertz CT molecular complexity index is 870. The van der Waals surface area contributed by atoms with Gasteiger partial charge in [0.05, 0.1) is 6.42 Å². The van der Waals surface area contributed by atoms with Crippen molar-refractivity contribution >= 4 is 34.8 Å². The molecule has 0 radical (unpaired) electrons. The molecule has 1 aliphatic heterocycles. The smallest absolute Gasteiger partial charge is 0.300 e. The van der Waals surface area contributed by atoms with Gasteiger partial charge in [0.25, 0.3) is 6.01 Å². The van der Waals surface area contributed by atoms with E-state index >= 15 is 0 Å². The summed E-state index contributed by atoms with van der Waals surface area (Å²) < 4.78 is 5.75. The molecule has 2 aromatic heterocycles. The van der Waals surface area contributed by atoms with E-state index in [1.54, 1.807) is 6.20 Å². The van der Waals surface area contributed by atoms with Crippen LogP contribution in [0.15, 0.2) is 47.0 Å². The fourth-order valence-corrected chi connectivity index (χ4v) is 3.16. The minimum atomic E-state index is 0.0898. The van der Waals surface area contributed by atoms with Gasteiger partial charge in [0.2, 0.25) is 11.6 Å². The predicted octanol–water partition coefficient (Wildman–Crippen LogP) is 2.77. The van der Waals surface area contributed by atoms with Gasteiger partial charge in [-0.25, -0.2) is 4.98 Å². The first-order valence-corrected chi connectivity index (χ1v) is 8.56. The summed E-state index contributed by atoms with van der Waals surface area (Å²) in [5.41, 5.74) is 2.14. The van der Waals surface area contributed by atoms with E-state index in [4.69, 9.17) is 16.0 Å². The first kappa shape index (κ1) is 15.9. The van der Waals surface area contributed by atoms with Crippen LogP contribution in [-0.2, 0) is 11.2 Å². The van der Waals surface area contributed by atoms with Crippen molar-refractivity contribution in [2.24, 2.45) is 0 Å². The molecule has 6 nitrogen and oxygen atoms in total. The molecule has 0 saturated carbocycles. The number of hydrogen-bond donors (Lipinski definition) is 0. The van der Waals surface area contributed by atoms with Crippen LogP contribution in [0.4, 0.5) is 6.01 Å². The van der Waals surface area contributed by atoms with Crippen molar-refractivity contribution in [1.82, 2.24) is 14.9 Å². The minimum Gasteiger partial charge on any atom is -0.422 e. The Labute approximate surface area is 150 Å². The van der Waals surface area contributed by atoms with Crippen LogP contribution < -0.4 is 4.90 Å². The fraction of sp³-hybridized carbons (Fsp3) is 0.278. The fourth-order valence-electron chi connectivity index (χ4n) is 2.96. The minimum absolute atomic E-state index is 0.0898. The molecule has 1 amide bonds. The zero-order valence-corrected chi connectivity index (χ0v) is 14.3. The summed E-state index contributed by atoms with van der Waals surface area (Å²) >= 11 is 6.14. The average Bonchev–Trinajstić information content (AvgIpc) is 3.08. The van der Waals surface area contributed by atoms with Crippen LogP contribution in [0.3, 0.4) is 0 Å². The highest BCUT2D eigenvalue weighted by molar-refractivity contribution is 6.31. The van der Waals surface area contributed by atoms with E-state index in [2.05, 4.69) is 9.97 Å². The van der Waals surface area contributed by atoms with Crippen molar-refractivity contribution in [2.75, 3.05) is 31.1 Å². The Balaban J connectivity index is 1.39. The lowest BCUT2D eigenvalue weighted by Gasteiger charge is -2.33. The monoisotopic (exact) mass is 356 g/mol. The molecular weight excluding hydrogens is 340 g/mol. The molecule has 0 bridgehead atoms. The predicted molar refractivity (Wildman–Crippen MR) is 95.8 cm³/mol. The van der Waals surface area contributed by atoms with Crippen LogP contribution in [0.5, 0.6) is 0 Å². The van der Waals surface area contributed by atoms with Gasteiger partial charge in [-0.15, -0.1) is 0 Å². The van der Waals surface area contributed by atoms with Crippen molar-refractivity contribution in [3.63, 3.8) is 0 Å². The molecule has 0 atom stereocenters. The Morgan fingerprint density at radius 2 is 1.92 bits per heavy atom. The van der Waals surface area contributed by atoms with Crippen molar-refractivity contribution in [3.8, 4) is 0 Å². The molecular formula is C18H17ClN4O2. The molecule has 1 aromatic carbocycles. The largest absolute Gasteiger partial charge is 0.422 e. The number of carbonyl (C=O) groups excluding carboxylic acids is 1. The van der Waals surface area contributed by atoms with Crippen LogP contribution in [-0.4, -0.2) is 47.0 Å². The molecule has 3 aromatic rings. The summed E-state index contributed by atoms with van der Waals surface area (Å²) in [4.78, 5) is 25.0. The summed E-state index contributed by atoms with van der Waals surface area (Å²) in [5.74, 6) is 0.0898. The summed E-state index contributed by atoms with van der Waals surface area (Å²) in [6.07, 6.45) is 2.02. The molecule has 25 heavy (non-hydrogen) atoms. The maximum absolute atomic E-state index is 12.5. The van der Waals surface area contributed by atoms with Crippen molar-refractivity contribution in [2.45, 2.75) is 6.42 Å². The Kier molecular flexibility index (Phi) is 4.28. The first-order valence-electron chi connectivity index (χ1n) is 8.18. The zero-order chi connectivity index (χ0) is 17.2. The van der Waals surface area contributed by atoms with Crippen LogP contribution in [0.1, 0.15) is 5.56 Å². The number of pyridine rings is 1. The van der Waals surface area contributed by atoms with Gasteiger partial charge in [0.15, 0.2) is 5.58 Å². The Morgan fingerprint density at radius 3 is 2.68 bits per heavy atom. The van der Waals surface area contributed by atoms with Crippen LogP contribution in [0.2, 0.25) is 5.02 Å². The van der Waals surface area contributed by atoms with Crippen LogP contribution in [0, 0.1) is 0 Å². The molecule has 128 valence electrons. The quantitative estimate of drug-likeness (QED) is 0.722. The van der Waals surface area contributed by atoms with E-state index in [0.29, 0.717) is 54.9 Å². The Hall–Kier alpha value is -2.60. The summed E-state index contributed by atoms with van der Waals surface area (Å²) in [6, 6.07) is 11.7. The van der Waals surface area contributed by atoms with Crippen LogP contribution >= 0.6 is 11.6 Å². The van der Waals surface area contributed by atoms with Gasteiger partial charge in [0, 0.05) is 37.4 Å². The second-order valence-electron chi connectivity index (χ2n) is 5.96. The van der Waals surface area contributed by atoms with E-state index in [9.17, 15) is 4.79 Å². The topological polar surface area (TPSA) is 62.5 Å². The summed E-state index contributed by atoms with van der Waals surface area (Å²) in [7, 11) is 0.